The number of urea groups is 1. The maximum atomic E-state index is 12.6. The molecule has 1 saturated heterocycles. The van der Waals surface area contributed by atoms with Gasteiger partial charge >= 0.3 is 6.03 Å². The largest absolute Gasteiger partial charge is 0.353 e. The predicted molar refractivity (Wildman–Crippen MR) is 74.8 cm³/mol. The van der Waals surface area contributed by atoms with Gasteiger partial charge in [-0.2, -0.15) is 0 Å². The minimum atomic E-state index is -0.724. The Bertz CT molecular complexity index is 384. The SMILES string of the molecule is CCC1C(=O)NCCN1C(=O)C(CC(C)C)NC(N)=O. The number of hydrogen-bond donors (Lipinski definition) is 3. The third kappa shape index (κ3) is 4.11. The number of rotatable bonds is 5. The number of nitrogens with one attached hydrogen (secondary N) is 2. The molecule has 114 valence electrons. The van der Waals surface area contributed by atoms with Gasteiger partial charge in [-0.25, -0.2) is 4.79 Å². The van der Waals surface area contributed by atoms with E-state index in [1.54, 1.807) is 4.90 Å². The molecule has 1 aliphatic rings. The van der Waals surface area contributed by atoms with Gasteiger partial charge in [0.2, 0.25) is 11.8 Å². The zero-order chi connectivity index (χ0) is 15.3. The van der Waals surface area contributed by atoms with E-state index in [0.29, 0.717) is 25.9 Å². The fourth-order valence-electron chi connectivity index (χ4n) is 2.45. The molecule has 0 bridgehead atoms. The van der Waals surface area contributed by atoms with Crippen LogP contribution in [0.3, 0.4) is 0 Å². The van der Waals surface area contributed by atoms with E-state index in [1.165, 1.54) is 0 Å². The minimum Gasteiger partial charge on any atom is -0.353 e. The molecule has 1 heterocycles. The van der Waals surface area contributed by atoms with Crippen LogP contribution >= 0.6 is 0 Å². The van der Waals surface area contributed by atoms with Crippen molar-refractivity contribution in [1.29, 1.82) is 0 Å². The van der Waals surface area contributed by atoms with Crippen molar-refractivity contribution in [3.63, 3.8) is 0 Å². The van der Waals surface area contributed by atoms with Gasteiger partial charge in [0.1, 0.15) is 12.1 Å². The first-order valence-corrected chi connectivity index (χ1v) is 7.01. The predicted octanol–water partition coefficient (Wildman–Crippen LogP) is -0.194. The molecular weight excluding hydrogens is 260 g/mol. The lowest BCUT2D eigenvalue weighted by Gasteiger charge is -2.37. The highest BCUT2D eigenvalue weighted by atomic mass is 16.2. The van der Waals surface area contributed by atoms with Crippen LogP contribution in [0, 0.1) is 5.92 Å². The number of hydrogen-bond acceptors (Lipinski definition) is 3. The van der Waals surface area contributed by atoms with Gasteiger partial charge < -0.3 is 21.3 Å². The molecule has 1 rings (SSSR count). The van der Waals surface area contributed by atoms with E-state index in [9.17, 15) is 14.4 Å². The second-order valence-electron chi connectivity index (χ2n) is 5.44. The summed E-state index contributed by atoms with van der Waals surface area (Å²) >= 11 is 0. The van der Waals surface area contributed by atoms with Gasteiger partial charge in [0.25, 0.3) is 0 Å². The highest BCUT2D eigenvalue weighted by Gasteiger charge is 2.35. The van der Waals surface area contributed by atoms with Gasteiger partial charge in [-0.3, -0.25) is 9.59 Å². The fraction of sp³-hybridized carbons (Fsp3) is 0.769. The van der Waals surface area contributed by atoms with Crippen LogP contribution < -0.4 is 16.4 Å². The summed E-state index contributed by atoms with van der Waals surface area (Å²) in [5.41, 5.74) is 5.13. The average Bonchev–Trinajstić information content (AvgIpc) is 2.35. The zero-order valence-corrected chi connectivity index (χ0v) is 12.3. The molecule has 0 saturated carbocycles. The molecule has 1 aliphatic heterocycles. The standard InChI is InChI=1S/C13H24N4O3/c1-4-10-11(18)15-5-6-17(10)12(19)9(7-8(2)3)16-13(14)20/h8-10H,4-7H2,1-3H3,(H,15,18)(H3,14,16,20). The molecule has 2 unspecified atom stereocenters. The highest BCUT2D eigenvalue weighted by molar-refractivity contribution is 5.92. The molecule has 1 fully saturated rings. The first kappa shape index (κ1) is 16.3. The van der Waals surface area contributed by atoms with Crippen LogP contribution in [0.1, 0.15) is 33.6 Å². The van der Waals surface area contributed by atoms with Crippen LogP contribution in [0.15, 0.2) is 0 Å². The average molecular weight is 284 g/mol. The minimum absolute atomic E-state index is 0.144. The fourth-order valence-corrected chi connectivity index (χ4v) is 2.45. The third-order valence-corrected chi connectivity index (χ3v) is 3.32. The van der Waals surface area contributed by atoms with E-state index < -0.39 is 18.1 Å². The van der Waals surface area contributed by atoms with Gasteiger partial charge in [-0.15, -0.1) is 0 Å². The Labute approximate surface area is 119 Å². The number of carbonyl (C=O) groups excluding carboxylic acids is 3. The van der Waals surface area contributed by atoms with E-state index in [2.05, 4.69) is 10.6 Å². The molecule has 2 atom stereocenters. The molecule has 20 heavy (non-hydrogen) atoms. The van der Waals surface area contributed by atoms with Gasteiger partial charge in [-0.1, -0.05) is 20.8 Å². The van der Waals surface area contributed by atoms with Crippen LogP contribution in [0.25, 0.3) is 0 Å². The van der Waals surface area contributed by atoms with E-state index in [-0.39, 0.29) is 17.7 Å². The Kier molecular flexibility index (Phi) is 5.79. The van der Waals surface area contributed by atoms with Crippen molar-refractivity contribution in [3.05, 3.63) is 0 Å². The monoisotopic (exact) mass is 284 g/mol. The lowest BCUT2D eigenvalue weighted by atomic mass is 10.0. The summed E-state index contributed by atoms with van der Waals surface area (Å²) in [4.78, 5) is 36.9. The molecule has 7 nitrogen and oxygen atoms in total. The van der Waals surface area contributed by atoms with Crippen molar-refractivity contribution in [2.75, 3.05) is 13.1 Å². The Balaban J connectivity index is 2.85. The number of carbonyl (C=O) groups is 3. The van der Waals surface area contributed by atoms with E-state index in [0.717, 1.165) is 0 Å². The first-order valence-electron chi connectivity index (χ1n) is 7.01. The number of amides is 4. The van der Waals surface area contributed by atoms with Gasteiger partial charge in [0.15, 0.2) is 0 Å². The summed E-state index contributed by atoms with van der Waals surface area (Å²) in [6.07, 6.45) is 1.04. The van der Waals surface area contributed by atoms with Gasteiger partial charge in [0, 0.05) is 13.1 Å². The second-order valence-corrected chi connectivity index (χ2v) is 5.44. The Morgan fingerprint density at radius 2 is 2.15 bits per heavy atom. The van der Waals surface area contributed by atoms with Crippen molar-refractivity contribution in [2.45, 2.75) is 45.7 Å². The quantitative estimate of drug-likeness (QED) is 0.651. The molecule has 0 aromatic heterocycles. The van der Waals surface area contributed by atoms with Crippen LogP contribution in [0.5, 0.6) is 0 Å². The maximum absolute atomic E-state index is 12.6. The van der Waals surface area contributed by atoms with Crippen LogP contribution in [0.4, 0.5) is 4.79 Å². The molecule has 0 radical (unpaired) electrons. The smallest absolute Gasteiger partial charge is 0.312 e. The number of nitrogens with zero attached hydrogens (tertiary/aromatic N) is 1. The number of primary amides is 1. The summed E-state index contributed by atoms with van der Waals surface area (Å²) in [5.74, 6) is -0.150. The second kappa shape index (κ2) is 7.12. The molecule has 4 N–H and O–H groups in total. The Morgan fingerprint density at radius 3 is 2.65 bits per heavy atom. The van der Waals surface area contributed by atoms with Gasteiger partial charge in [-0.05, 0) is 18.8 Å². The zero-order valence-electron chi connectivity index (χ0n) is 12.3. The van der Waals surface area contributed by atoms with Crippen molar-refractivity contribution < 1.29 is 14.4 Å². The summed E-state index contributed by atoms with van der Waals surface area (Å²) in [7, 11) is 0. The molecule has 0 spiro atoms. The van der Waals surface area contributed by atoms with Crippen molar-refractivity contribution >= 4 is 17.8 Å². The van der Waals surface area contributed by atoms with Crippen molar-refractivity contribution in [2.24, 2.45) is 11.7 Å². The van der Waals surface area contributed by atoms with Crippen molar-refractivity contribution in [1.82, 2.24) is 15.5 Å². The number of nitrogens with two attached hydrogens (primary N) is 1. The molecular formula is C13H24N4O3. The maximum Gasteiger partial charge on any atom is 0.312 e. The summed E-state index contributed by atoms with van der Waals surface area (Å²) < 4.78 is 0. The van der Waals surface area contributed by atoms with Crippen LogP contribution in [0.2, 0.25) is 0 Å². The lowest BCUT2D eigenvalue weighted by molar-refractivity contribution is -0.144. The summed E-state index contributed by atoms with van der Waals surface area (Å²) in [5, 5.41) is 5.23. The number of piperazine rings is 1. The lowest BCUT2D eigenvalue weighted by Crippen LogP contribution is -2.61. The van der Waals surface area contributed by atoms with Gasteiger partial charge in [0.05, 0.1) is 0 Å². The normalized spacial score (nSPS) is 20.5. The van der Waals surface area contributed by atoms with E-state index in [4.69, 9.17) is 5.73 Å². The summed E-state index contributed by atoms with van der Waals surface area (Å²) in [6.45, 7) is 6.67. The third-order valence-electron chi connectivity index (χ3n) is 3.32. The molecule has 4 amide bonds. The molecule has 0 aliphatic carbocycles. The molecule has 0 aromatic rings. The molecule has 0 aromatic carbocycles. The molecule has 7 heteroatoms. The topological polar surface area (TPSA) is 105 Å². The Morgan fingerprint density at radius 1 is 1.50 bits per heavy atom. The first-order chi connectivity index (χ1) is 9.36. The highest BCUT2D eigenvalue weighted by Crippen LogP contribution is 2.14. The van der Waals surface area contributed by atoms with E-state index in [1.807, 2.05) is 20.8 Å². The summed E-state index contributed by atoms with van der Waals surface area (Å²) in [6, 6.07) is -1.87. The van der Waals surface area contributed by atoms with Crippen LogP contribution in [-0.2, 0) is 9.59 Å². The van der Waals surface area contributed by atoms with Crippen LogP contribution in [-0.4, -0.2) is 47.9 Å². The van der Waals surface area contributed by atoms with Crippen molar-refractivity contribution in [3.8, 4) is 0 Å². The Hall–Kier alpha value is -1.79. The van der Waals surface area contributed by atoms with E-state index >= 15 is 0 Å².